The third-order valence-corrected chi connectivity index (χ3v) is 2.97. The van der Waals surface area contributed by atoms with Crippen molar-refractivity contribution < 1.29 is 9.90 Å². The molecule has 100 valence electrons. The fraction of sp³-hybridized carbons (Fsp3) is 0.500. The lowest BCUT2D eigenvalue weighted by Crippen LogP contribution is -2.44. The van der Waals surface area contributed by atoms with E-state index >= 15 is 0 Å². The van der Waals surface area contributed by atoms with Gasteiger partial charge < -0.3 is 16.2 Å². The van der Waals surface area contributed by atoms with Crippen molar-refractivity contribution in [1.82, 2.24) is 5.32 Å². The predicted molar refractivity (Wildman–Crippen MR) is 72.3 cm³/mol. The van der Waals surface area contributed by atoms with Gasteiger partial charge in [0.25, 0.3) is 0 Å². The maximum Gasteiger partial charge on any atom is 0.237 e. The van der Waals surface area contributed by atoms with Gasteiger partial charge in [-0.2, -0.15) is 0 Å². The molecule has 4 nitrogen and oxygen atoms in total. The summed E-state index contributed by atoms with van der Waals surface area (Å²) in [6.45, 7) is 3.87. The van der Waals surface area contributed by atoms with E-state index in [-0.39, 0.29) is 17.7 Å². The molecular formula is C14H22N2O2. The molecule has 0 aliphatic heterocycles. The number of nitrogens with one attached hydrogen (secondary N) is 1. The second-order valence-electron chi connectivity index (χ2n) is 4.63. The Bertz CT molecular complexity index is 376. The van der Waals surface area contributed by atoms with Crippen LogP contribution in [0.2, 0.25) is 0 Å². The second kappa shape index (κ2) is 7.01. The maximum absolute atomic E-state index is 11.6. The van der Waals surface area contributed by atoms with Gasteiger partial charge in [-0.25, -0.2) is 0 Å². The van der Waals surface area contributed by atoms with E-state index in [0.717, 1.165) is 18.4 Å². The average Bonchev–Trinajstić information content (AvgIpc) is 2.37. The molecule has 1 amide bonds. The van der Waals surface area contributed by atoms with Crippen LogP contribution in [-0.4, -0.2) is 23.1 Å². The molecule has 0 fully saturated rings. The Morgan fingerprint density at radius 2 is 2.00 bits per heavy atom. The zero-order valence-electron chi connectivity index (χ0n) is 11.0. The summed E-state index contributed by atoms with van der Waals surface area (Å²) in [6, 6.07) is 6.81. The number of hydrogen-bond acceptors (Lipinski definition) is 3. The molecule has 0 aliphatic carbocycles. The van der Waals surface area contributed by atoms with Crippen molar-refractivity contribution in [3.63, 3.8) is 0 Å². The van der Waals surface area contributed by atoms with Gasteiger partial charge in [-0.1, -0.05) is 19.1 Å². The number of carbonyl (C=O) groups is 1. The van der Waals surface area contributed by atoms with Crippen LogP contribution in [0.3, 0.4) is 0 Å². The van der Waals surface area contributed by atoms with Crippen LogP contribution in [0, 0.1) is 0 Å². The lowest BCUT2D eigenvalue weighted by atomic mass is 10.1. The fourth-order valence-corrected chi connectivity index (χ4v) is 1.65. The average molecular weight is 250 g/mol. The number of hydrogen-bond donors (Lipinski definition) is 3. The van der Waals surface area contributed by atoms with Crippen LogP contribution >= 0.6 is 0 Å². The summed E-state index contributed by atoms with van der Waals surface area (Å²) in [5, 5.41) is 12.1. The van der Waals surface area contributed by atoms with Crippen molar-refractivity contribution in [1.29, 1.82) is 0 Å². The number of benzene rings is 1. The first-order valence-electron chi connectivity index (χ1n) is 6.36. The standard InChI is InChI=1S/C14H22N2O2/c1-3-13(15)14(18)16-10(2)4-5-11-6-8-12(17)9-7-11/h6-10,13,17H,3-5,15H2,1-2H3,(H,16,18). The zero-order chi connectivity index (χ0) is 13.5. The third kappa shape index (κ3) is 4.75. The van der Waals surface area contributed by atoms with E-state index in [1.165, 1.54) is 0 Å². The van der Waals surface area contributed by atoms with E-state index in [1.54, 1.807) is 12.1 Å². The van der Waals surface area contributed by atoms with Crippen LogP contribution in [0.15, 0.2) is 24.3 Å². The summed E-state index contributed by atoms with van der Waals surface area (Å²) < 4.78 is 0. The van der Waals surface area contributed by atoms with Crippen molar-refractivity contribution in [2.45, 2.75) is 45.2 Å². The molecule has 2 atom stereocenters. The molecule has 0 aromatic heterocycles. The Balaban J connectivity index is 2.35. The van der Waals surface area contributed by atoms with Gasteiger partial charge in [0.05, 0.1) is 6.04 Å². The molecule has 1 rings (SSSR count). The SMILES string of the molecule is CCC(N)C(=O)NC(C)CCc1ccc(O)cc1. The number of rotatable bonds is 6. The first kappa shape index (κ1) is 14.5. The van der Waals surface area contributed by atoms with Gasteiger partial charge in [0.15, 0.2) is 0 Å². The van der Waals surface area contributed by atoms with Gasteiger partial charge in [-0.3, -0.25) is 4.79 Å². The summed E-state index contributed by atoms with van der Waals surface area (Å²) >= 11 is 0. The molecule has 0 spiro atoms. The van der Waals surface area contributed by atoms with Crippen molar-refractivity contribution in [2.75, 3.05) is 0 Å². The van der Waals surface area contributed by atoms with E-state index in [9.17, 15) is 9.90 Å². The van der Waals surface area contributed by atoms with Crippen LogP contribution < -0.4 is 11.1 Å². The minimum absolute atomic E-state index is 0.0873. The Labute approximate surface area is 108 Å². The highest BCUT2D eigenvalue weighted by Crippen LogP contribution is 2.11. The Morgan fingerprint density at radius 3 is 2.56 bits per heavy atom. The van der Waals surface area contributed by atoms with Gasteiger partial charge >= 0.3 is 0 Å². The minimum atomic E-state index is -0.416. The highest BCUT2D eigenvalue weighted by atomic mass is 16.3. The summed E-state index contributed by atoms with van der Waals surface area (Å²) in [6.07, 6.45) is 2.37. The number of aromatic hydroxyl groups is 1. The van der Waals surface area contributed by atoms with Gasteiger partial charge in [0.2, 0.25) is 5.91 Å². The lowest BCUT2D eigenvalue weighted by Gasteiger charge is -2.16. The number of amides is 1. The Hall–Kier alpha value is -1.55. The van der Waals surface area contributed by atoms with E-state index in [4.69, 9.17) is 5.73 Å². The fourth-order valence-electron chi connectivity index (χ4n) is 1.65. The van der Waals surface area contributed by atoms with Crippen molar-refractivity contribution >= 4 is 5.91 Å². The topological polar surface area (TPSA) is 75.4 Å². The van der Waals surface area contributed by atoms with E-state index in [2.05, 4.69) is 5.32 Å². The molecular weight excluding hydrogens is 228 g/mol. The van der Waals surface area contributed by atoms with Crippen molar-refractivity contribution in [2.24, 2.45) is 5.73 Å². The molecule has 0 saturated carbocycles. The van der Waals surface area contributed by atoms with Gasteiger partial charge in [-0.05, 0) is 43.9 Å². The molecule has 0 heterocycles. The predicted octanol–water partition coefficient (Wildman–Crippen LogP) is 1.57. The van der Waals surface area contributed by atoms with Crippen molar-refractivity contribution in [3.05, 3.63) is 29.8 Å². The summed E-state index contributed by atoms with van der Waals surface area (Å²) in [7, 11) is 0. The maximum atomic E-state index is 11.6. The molecule has 1 aromatic rings. The Kier molecular flexibility index (Phi) is 5.65. The highest BCUT2D eigenvalue weighted by Gasteiger charge is 2.13. The van der Waals surface area contributed by atoms with Crippen molar-refractivity contribution in [3.8, 4) is 5.75 Å². The molecule has 0 aliphatic rings. The summed E-state index contributed by atoms with van der Waals surface area (Å²) in [5.74, 6) is 0.185. The quantitative estimate of drug-likeness (QED) is 0.717. The van der Waals surface area contributed by atoms with Crippen LogP contribution in [0.5, 0.6) is 5.75 Å². The van der Waals surface area contributed by atoms with Gasteiger partial charge in [-0.15, -0.1) is 0 Å². The first-order valence-corrected chi connectivity index (χ1v) is 6.36. The molecule has 0 radical (unpaired) electrons. The lowest BCUT2D eigenvalue weighted by molar-refractivity contribution is -0.123. The monoisotopic (exact) mass is 250 g/mol. The molecule has 18 heavy (non-hydrogen) atoms. The minimum Gasteiger partial charge on any atom is -0.508 e. The largest absolute Gasteiger partial charge is 0.508 e. The molecule has 0 bridgehead atoms. The van der Waals surface area contributed by atoms with E-state index in [1.807, 2.05) is 26.0 Å². The second-order valence-corrected chi connectivity index (χ2v) is 4.63. The van der Waals surface area contributed by atoms with Crippen LogP contribution in [0.1, 0.15) is 32.3 Å². The van der Waals surface area contributed by atoms with E-state index < -0.39 is 6.04 Å². The molecule has 1 aromatic carbocycles. The smallest absolute Gasteiger partial charge is 0.237 e. The number of phenolic OH excluding ortho intramolecular Hbond substituents is 1. The molecule has 2 unspecified atom stereocenters. The number of carbonyl (C=O) groups excluding carboxylic acids is 1. The van der Waals surface area contributed by atoms with Crippen LogP contribution in [-0.2, 0) is 11.2 Å². The van der Waals surface area contributed by atoms with Crippen LogP contribution in [0.4, 0.5) is 0 Å². The summed E-state index contributed by atoms with van der Waals surface area (Å²) in [5.41, 5.74) is 6.80. The van der Waals surface area contributed by atoms with Gasteiger partial charge in [0.1, 0.15) is 5.75 Å². The third-order valence-electron chi connectivity index (χ3n) is 2.97. The highest BCUT2D eigenvalue weighted by molar-refractivity contribution is 5.81. The number of aryl methyl sites for hydroxylation is 1. The molecule has 0 saturated heterocycles. The molecule has 4 heteroatoms. The van der Waals surface area contributed by atoms with Crippen LogP contribution in [0.25, 0.3) is 0 Å². The molecule has 4 N–H and O–H groups in total. The summed E-state index contributed by atoms with van der Waals surface area (Å²) in [4.78, 5) is 11.6. The Morgan fingerprint density at radius 1 is 1.39 bits per heavy atom. The number of phenols is 1. The van der Waals surface area contributed by atoms with Gasteiger partial charge in [0, 0.05) is 6.04 Å². The number of nitrogens with two attached hydrogens (primary N) is 1. The zero-order valence-corrected chi connectivity index (χ0v) is 11.0. The normalized spacial score (nSPS) is 13.9. The first-order chi connectivity index (χ1) is 8.52. The van der Waals surface area contributed by atoms with E-state index in [0.29, 0.717) is 6.42 Å².